The Labute approximate surface area is 101 Å². The minimum Gasteiger partial charge on any atom is -0.479 e. The van der Waals surface area contributed by atoms with Crippen LogP contribution in [0, 0.1) is 0 Å². The maximum Gasteiger partial charge on any atom is 0.332 e. The zero-order valence-electron chi connectivity index (χ0n) is 10.2. The average molecular weight is 247 g/mol. The molecule has 0 spiro atoms. The Morgan fingerprint density at radius 1 is 1.62 bits per heavy atom. The van der Waals surface area contributed by atoms with Crippen molar-refractivity contribution in [2.75, 3.05) is 25.6 Å². The predicted octanol–water partition coefficient (Wildman–Crippen LogP) is 1.30. The van der Waals surface area contributed by atoms with Gasteiger partial charge in [-0.1, -0.05) is 0 Å². The van der Waals surface area contributed by atoms with E-state index in [1.807, 2.05) is 11.8 Å². The van der Waals surface area contributed by atoms with Crippen molar-refractivity contribution < 1.29 is 14.6 Å². The molecular weight excluding hydrogens is 226 g/mol. The quantitative estimate of drug-likeness (QED) is 0.766. The lowest BCUT2D eigenvalue weighted by Crippen LogP contribution is -2.37. The Balaban J connectivity index is 2.30. The molecule has 1 saturated heterocycles. The molecule has 1 rings (SSSR count). The van der Waals surface area contributed by atoms with Crippen molar-refractivity contribution in [2.24, 2.45) is 0 Å². The van der Waals surface area contributed by atoms with Crippen LogP contribution < -0.4 is 0 Å². The molecule has 0 radical (unpaired) electrons. The van der Waals surface area contributed by atoms with Crippen LogP contribution >= 0.6 is 11.8 Å². The third-order valence-electron chi connectivity index (χ3n) is 3.03. The number of hydrogen-bond acceptors (Lipinski definition) is 4. The molecule has 1 aliphatic heterocycles. The van der Waals surface area contributed by atoms with E-state index in [0.717, 1.165) is 18.7 Å². The van der Waals surface area contributed by atoms with Gasteiger partial charge in [-0.05, 0) is 33.1 Å². The van der Waals surface area contributed by atoms with Crippen LogP contribution in [-0.4, -0.2) is 59.8 Å². The van der Waals surface area contributed by atoms with Crippen LogP contribution in [0.1, 0.15) is 19.8 Å². The second-order valence-electron chi connectivity index (χ2n) is 4.41. The summed E-state index contributed by atoms with van der Waals surface area (Å²) in [5.41, 5.74) is 0. The Kier molecular flexibility index (Phi) is 5.58. The van der Waals surface area contributed by atoms with Crippen molar-refractivity contribution in [3.8, 4) is 0 Å². The van der Waals surface area contributed by atoms with Crippen LogP contribution in [0.3, 0.4) is 0 Å². The van der Waals surface area contributed by atoms with E-state index < -0.39 is 12.1 Å². The topological polar surface area (TPSA) is 49.8 Å². The van der Waals surface area contributed by atoms with Crippen molar-refractivity contribution in [3.05, 3.63) is 0 Å². The summed E-state index contributed by atoms with van der Waals surface area (Å²) < 4.78 is 5.47. The molecule has 1 aliphatic rings. The van der Waals surface area contributed by atoms with Gasteiger partial charge in [0.05, 0.1) is 6.10 Å². The van der Waals surface area contributed by atoms with Gasteiger partial charge in [0.25, 0.3) is 0 Å². The molecule has 1 heterocycles. The van der Waals surface area contributed by atoms with Gasteiger partial charge in [-0.15, -0.1) is 0 Å². The fourth-order valence-electron chi connectivity index (χ4n) is 1.89. The van der Waals surface area contributed by atoms with Crippen LogP contribution in [0.5, 0.6) is 0 Å². The van der Waals surface area contributed by atoms with Gasteiger partial charge in [0.2, 0.25) is 0 Å². The average Bonchev–Trinajstić information content (AvgIpc) is 2.66. The fraction of sp³-hybridized carbons (Fsp3) is 0.909. The normalized spacial score (nSPS) is 27.2. The van der Waals surface area contributed by atoms with E-state index in [1.165, 1.54) is 0 Å². The van der Waals surface area contributed by atoms with E-state index in [9.17, 15) is 4.79 Å². The molecule has 0 aromatic heterocycles. The Hall–Kier alpha value is -0.260. The molecule has 16 heavy (non-hydrogen) atoms. The van der Waals surface area contributed by atoms with E-state index >= 15 is 0 Å². The second-order valence-corrected chi connectivity index (χ2v) is 5.32. The first-order chi connectivity index (χ1) is 7.54. The molecule has 0 bridgehead atoms. The van der Waals surface area contributed by atoms with Gasteiger partial charge in [0.15, 0.2) is 6.10 Å². The number of hydrogen-bond donors (Lipinski definition) is 1. The first-order valence-electron chi connectivity index (χ1n) is 5.62. The van der Waals surface area contributed by atoms with Crippen LogP contribution in [0.4, 0.5) is 0 Å². The molecule has 94 valence electrons. The molecule has 0 aromatic rings. The minimum absolute atomic E-state index is 0.0791. The van der Waals surface area contributed by atoms with Crippen molar-refractivity contribution in [1.82, 2.24) is 4.90 Å². The number of carboxylic acids is 1. The van der Waals surface area contributed by atoms with Gasteiger partial charge in [-0.2, -0.15) is 11.8 Å². The predicted molar refractivity (Wildman–Crippen MR) is 66.0 cm³/mol. The lowest BCUT2D eigenvalue weighted by molar-refractivity contribution is -0.149. The van der Waals surface area contributed by atoms with Crippen LogP contribution in [0.15, 0.2) is 0 Å². The van der Waals surface area contributed by atoms with Gasteiger partial charge < -0.3 is 14.7 Å². The summed E-state index contributed by atoms with van der Waals surface area (Å²) >= 11 is 1.82. The summed E-state index contributed by atoms with van der Waals surface area (Å²) in [4.78, 5) is 13.0. The summed E-state index contributed by atoms with van der Waals surface area (Å²) in [5, 5.41) is 8.82. The van der Waals surface area contributed by atoms with Crippen LogP contribution in [0.2, 0.25) is 0 Å². The number of nitrogens with zero attached hydrogens (tertiary/aromatic N) is 1. The number of thioether (sulfide) groups is 1. The number of likely N-dealkylation sites (N-methyl/N-ethyl adjacent to an activating group) is 1. The number of carboxylic acid groups (broad SMARTS) is 1. The van der Waals surface area contributed by atoms with E-state index in [1.54, 1.807) is 0 Å². The highest BCUT2D eigenvalue weighted by atomic mass is 32.2. The summed E-state index contributed by atoms with van der Waals surface area (Å²) in [6.07, 6.45) is 3.08. The fourth-order valence-corrected chi connectivity index (χ4v) is 2.63. The SMILES string of the molecule is CSCC(C)N(C)CC1CCC(C(=O)O)O1. The third-order valence-corrected chi connectivity index (χ3v) is 3.85. The first-order valence-corrected chi connectivity index (χ1v) is 7.01. The molecule has 0 amide bonds. The van der Waals surface area contributed by atoms with Gasteiger partial charge in [0.1, 0.15) is 0 Å². The molecule has 3 unspecified atom stereocenters. The van der Waals surface area contributed by atoms with Crippen LogP contribution in [-0.2, 0) is 9.53 Å². The maximum atomic E-state index is 10.7. The monoisotopic (exact) mass is 247 g/mol. The summed E-state index contributed by atoms with van der Waals surface area (Å²) in [6, 6.07) is 0.502. The van der Waals surface area contributed by atoms with Crippen molar-refractivity contribution in [2.45, 2.75) is 38.0 Å². The molecule has 1 N–H and O–H groups in total. The third kappa shape index (κ3) is 3.96. The van der Waals surface area contributed by atoms with Gasteiger partial charge in [0, 0.05) is 18.3 Å². The van der Waals surface area contributed by atoms with Crippen LogP contribution in [0.25, 0.3) is 0 Å². The Bertz CT molecular complexity index is 237. The molecule has 0 saturated carbocycles. The Morgan fingerprint density at radius 3 is 2.81 bits per heavy atom. The van der Waals surface area contributed by atoms with Crippen molar-refractivity contribution in [1.29, 1.82) is 0 Å². The standard InChI is InChI=1S/C11H21NO3S/c1-8(7-16-3)12(2)6-9-4-5-10(15-9)11(13)14/h8-10H,4-7H2,1-3H3,(H,13,14). The molecule has 5 heteroatoms. The zero-order chi connectivity index (χ0) is 12.1. The summed E-state index contributed by atoms with van der Waals surface area (Å²) in [5.74, 6) is 0.258. The highest BCUT2D eigenvalue weighted by Crippen LogP contribution is 2.21. The molecule has 0 aliphatic carbocycles. The molecule has 4 nitrogen and oxygen atoms in total. The lowest BCUT2D eigenvalue weighted by Gasteiger charge is -2.26. The van der Waals surface area contributed by atoms with Crippen molar-refractivity contribution in [3.63, 3.8) is 0 Å². The van der Waals surface area contributed by atoms with E-state index in [0.29, 0.717) is 12.5 Å². The Morgan fingerprint density at radius 2 is 2.31 bits per heavy atom. The molecule has 3 atom stereocenters. The number of aliphatic carboxylic acids is 1. The summed E-state index contributed by atoms with van der Waals surface area (Å²) in [6.45, 7) is 3.01. The first kappa shape index (κ1) is 13.8. The number of rotatable bonds is 6. The van der Waals surface area contributed by atoms with E-state index in [2.05, 4.69) is 25.1 Å². The number of ether oxygens (including phenoxy) is 1. The molecular formula is C11H21NO3S. The summed E-state index contributed by atoms with van der Waals surface area (Å²) in [7, 11) is 2.07. The lowest BCUT2D eigenvalue weighted by atomic mass is 10.2. The highest BCUT2D eigenvalue weighted by Gasteiger charge is 2.31. The van der Waals surface area contributed by atoms with Gasteiger partial charge in [-0.25, -0.2) is 4.79 Å². The largest absolute Gasteiger partial charge is 0.479 e. The second kappa shape index (κ2) is 6.47. The van der Waals surface area contributed by atoms with E-state index in [-0.39, 0.29) is 6.10 Å². The smallest absolute Gasteiger partial charge is 0.332 e. The number of carbonyl (C=O) groups is 1. The molecule has 0 aromatic carbocycles. The zero-order valence-corrected chi connectivity index (χ0v) is 11.0. The minimum atomic E-state index is -0.831. The van der Waals surface area contributed by atoms with E-state index in [4.69, 9.17) is 9.84 Å². The maximum absolute atomic E-state index is 10.7. The van der Waals surface area contributed by atoms with Gasteiger partial charge in [-0.3, -0.25) is 0 Å². The van der Waals surface area contributed by atoms with Gasteiger partial charge >= 0.3 is 5.97 Å². The molecule has 1 fully saturated rings. The van der Waals surface area contributed by atoms with Crippen molar-refractivity contribution >= 4 is 17.7 Å². The highest BCUT2D eigenvalue weighted by molar-refractivity contribution is 7.98.